The smallest absolute Gasteiger partial charge is 0.407 e. The molecule has 2 aliphatic rings. The predicted molar refractivity (Wildman–Crippen MR) is 97.8 cm³/mol. The summed E-state index contributed by atoms with van der Waals surface area (Å²) in [6.45, 7) is 12.7. The molecule has 9 heteroatoms. The highest BCUT2D eigenvalue weighted by Crippen LogP contribution is 2.01. The minimum absolute atomic E-state index is 0.576. The van der Waals surface area contributed by atoms with E-state index < -0.39 is 6.09 Å². The zero-order valence-corrected chi connectivity index (χ0v) is 15.7. The van der Waals surface area contributed by atoms with E-state index in [1.54, 1.807) is 0 Å². The van der Waals surface area contributed by atoms with E-state index >= 15 is 0 Å². The molecular weight excluding hydrogens is 340 g/mol. The van der Waals surface area contributed by atoms with Crippen LogP contribution in [0.5, 0.6) is 0 Å². The number of rotatable bonds is 12. The van der Waals surface area contributed by atoms with Crippen LogP contribution in [-0.2, 0) is 14.2 Å². The number of hydrogen-bond acceptors (Lipinski definition) is 7. The maximum Gasteiger partial charge on any atom is 0.407 e. The molecule has 1 amide bonds. The summed E-state index contributed by atoms with van der Waals surface area (Å²) in [7, 11) is 0. The van der Waals surface area contributed by atoms with Crippen LogP contribution >= 0.6 is 0 Å². The molecule has 0 aromatic heterocycles. The van der Waals surface area contributed by atoms with Crippen molar-refractivity contribution in [3.8, 4) is 0 Å². The molecule has 2 saturated heterocycles. The van der Waals surface area contributed by atoms with Gasteiger partial charge in [-0.05, 0) is 0 Å². The van der Waals surface area contributed by atoms with Gasteiger partial charge in [-0.25, -0.2) is 4.79 Å². The highest BCUT2D eigenvalue weighted by Gasteiger charge is 2.19. The van der Waals surface area contributed by atoms with Gasteiger partial charge in [0.2, 0.25) is 0 Å². The lowest BCUT2D eigenvalue weighted by atomic mass is 10.3. The third-order valence-electron chi connectivity index (χ3n) is 4.70. The van der Waals surface area contributed by atoms with Gasteiger partial charge in [0, 0.05) is 65.4 Å². The zero-order chi connectivity index (χ0) is 18.5. The lowest BCUT2D eigenvalue weighted by Gasteiger charge is -2.32. The first-order valence-electron chi connectivity index (χ1n) is 9.62. The molecule has 152 valence electrons. The van der Waals surface area contributed by atoms with E-state index in [1.807, 2.05) is 0 Å². The van der Waals surface area contributed by atoms with Crippen molar-refractivity contribution in [2.45, 2.75) is 0 Å². The summed E-state index contributed by atoms with van der Waals surface area (Å²) in [5.41, 5.74) is 0. The van der Waals surface area contributed by atoms with Gasteiger partial charge in [-0.1, -0.05) is 0 Å². The number of carboxylic acid groups (broad SMARTS) is 1. The normalized spacial score (nSPS) is 19.8. The van der Waals surface area contributed by atoms with Crippen LogP contribution in [0.1, 0.15) is 0 Å². The molecule has 0 spiro atoms. The minimum Gasteiger partial charge on any atom is -0.465 e. The van der Waals surface area contributed by atoms with Crippen LogP contribution in [0.15, 0.2) is 0 Å². The molecule has 0 radical (unpaired) electrons. The Bertz CT molecular complexity index is 374. The number of nitrogens with one attached hydrogen (secondary N) is 1. The molecular formula is C17H34N4O5. The molecule has 0 unspecified atom stereocenters. The van der Waals surface area contributed by atoms with Crippen molar-refractivity contribution in [2.24, 2.45) is 0 Å². The van der Waals surface area contributed by atoms with Gasteiger partial charge in [0.15, 0.2) is 0 Å². The van der Waals surface area contributed by atoms with Crippen molar-refractivity contribution >= 4 is 6.09 Å². The van der Waals surface area contributed by atoms with Crippen LogP contribution < -0.4 is 5.32 Å². The summed E-state index contributed by atoms with van der Waals surface area (Å²) in [5, 5.41) is 12.2. The van der Waals surface area contributed by atoms with Crippen molar-refractivity contribution < 1.29 is 24.1 Å². The van der Waals surface area contributed by atoms with Crippen molar-refractivity contribution in [2.75, 3.05) is 105 Å². The van der Waals surface area contributed by atoms with Crippen LogP contribution in [0, 0.1) is 0 Å². The number of ether oxygens (including phenoxy) is 3. The van der Waals surface area contributed by atoms with E-state index in [-0.39, 0.29) is 0 Å². The topological polar surface area (TPSA) is 86.7 Å². The van der Waals surface area contributed by atoms with E-state index in [4.69, 9.17) is 19.3 Å². The molecule has 2 N–H and O–H groups in total. The van der Waals surface area contributed by atoms with E-state index in [0.717, 1.165) is 59.0 Å². The van der Waals surface area contributed by atoms with Gasteiger partial charge in [-0.15, -0.1) is 0 Å². The van der Waals surface area contributed by atoms with E-state index in [1.165, 1.54) is 4.90 Å². The van der Waals surface area contributed by atoms with Gasteiger partial charge in [0.05, 0.1) is 39.6 Å². The third-order valence-corrected chi connectivity index (χ3v) is 4.70. The maximum atomic E-state index is 10.8. The lowest BCUT2D eigenvalue weighted by Crippen LogP contribution is -2.49. The van der Waals surface area contributed by atoms with E-state index in [9.17, 15) is 4.79 Å². The van der Waals surface area contributed by atoms with E-state index in [0.29, 0.717) is 46.1 Å². The Balaban J connectivity index is 1.30. The highest BCUT2D eigenvalue weighted by molar-refractivity contribution is 5.65. The van der Waals surface area contributed by atoms with Crippen LogP contribution in [0.4, 0.5) is 4.79 Å². The Morgan fingerprint density at radius 3 is 1.69 bits per heavy atom. The summed E-state index contributed by atoms with van der Waals surface area (Å²) < 4.78 is 16.7. The van der Waals surface area contributed by atoms with Crippen molar-refractivity contribution in [1.29, 1.82) is 0 Å². The lowest BCUT2D eigenvalue weighted by molar-refractivity contribution is 0.00480. The Hall–Kier alpha value is -0.970. The standard InChI is InChI=1S/C17H34N4O5/c22-17(23)21-7-5-20(6-8-21)10-12-25-14-16-26-15-13-24-11-9-19-3-1-18-2-4-19/h18H,1-16H2,(H,22,23). The number of nitrogens with zero attached hydrogens (tertiary/aromatic N) is 3. The SMILES string of the molecule is O=C(O)N1CCN(CCOCCOCCOCCN2CCNCC2)CC1. The van der Waals surface area contributed by atoms with Gasteiger partial charge in [-0.3, -0.25) is 9.80 Å². The molecule has 0 bridgehead atoms. The summed E-state index contributed by atoms with van der Waals surface area (Å²) in [6, 6.07) is 0. The van der Waals surface area contributed by atoms with Crippen molar-refractivity contribution in [3.63, 3.8) is 0 Å². The van der Waals surface area contributed by atoms with Gasteiger partial charge in [0.25, 0.3) is 0 Å². The fraction of sp³-hybridized carbons (Fsp3) is 0.941. The molecule has 0 aliphatic carbocycles. The molecule has 0 saturated carbocycles. The Kier molecular flexibility index (Phi) is 10.9. The first-order valence-corrected chi connectivity index (χ1v) is 9.62. The van der Waals surface area contributed by atoms with Crippen LogP contribution in [-0.4, -0.2) is 131 Å². The second-order valence-corrected chi connectivity index (χ2v) is 6.54. The number of piperazine rings is 2. The number of hydrogen-bond donors (Lipinski definition) is 2. The number of amides is 1. The average molecular weight is 374 g/mol. The molecule has 26 heavy (non-hydrogen) atoms. The predicted octanol–water partition coefficient (Wildman–Crippen LogP) is -0.763. The summed E-state index contributed by atoms with van der Waals surface area (Å²) in [5.74, 6) is 0. The molecule has 2 aliphatic heterocycles. The maximum absolute atomic E-state index is 10.8. The third kappa shape index (κ3) is 9.11. The summed E-state index contributed by atoms with van der Waals surface area (Å²) in [6.07, 6.45) is -0.828. The quantitative estimate of drug-likeness (QED) is 0.431. The highest BCUT2D eigenvalue weighted by atomic mass is 16.5. The monoisotopic (exact) mass is 374 g/mol. The second kappa shape index (κ2) is 13.2. The Morgan fingerprint density at radius 2 is 1.19 bits per heavy atom. The molecule has 2 heterocycles. The van der Waals surface area contributed by atoms with Crippen LogP contribution in [0.3, 0.4) is 0 Å². The molecule has 0 aromatic rings. The van der Waals surface area contributed by atoms with Gasteiger partial charge < -0.3 is 29.5 Å². The molecule has 0 atom stereocenters. The molecule has 0 aromatic carbocycles. The Morgan fingerprint density at radius 1 is 0.731 bits per heavy atom. The summed E-state index contributed by atoms with van der Waals surface area (Å²) in [4.78, 5) is 16.9. The van der Waals surface area contributed by atoms with E-state index in [2.05, 4.69) is 15.1 Å². The largest absolute Gasteiger partial charge is 0.465 e. The van der Waals surface area contributed by atoms with Crippen LogP contribution in [0.25, 0.3) is 0 Å². The molecule has 2 rings (SSSR count). The minimum atomic E-state index is -0.828. The first kappa shape index (κ1) is 21.3. The van der Waals surface area contributed by atoms with Gasteiger partial charge >= 0.3 is 6.09 Å². The summed E-state index contributed by atoms with van der Waals surface area (Å²) >= 11 is 0. The zero-order valence-electron chi connectivity index (χ0n) is 15.7. The fourth-order valence-electron chi connectivity index (χ4n) is 3.03. The fourth-order valence-corrected chi connectivity index (χ4v) is 3.03. The van der Waals surface area contributed by atoms with Gasteiger partial charge in [0.1, 0.15) is 0 Å². The number of carbonyl (C=O) groups is 1. The van der Waals surface area contributed by atoms with Crippen molar-refractivity contribution in [3.05, 3.63) is 0 Å². The molecule has 2 fully saturated rings. The van der Waals surface area contributed by atoms with Crippen LogP contribution in [0.2, 0.25) is 0 Å². The van der Waals surface area contributed by atoms with Gasteiger partial charge in [-0.2, -0.15) is 0 Å². The van der Waals surface area contributed by atoms with Crippen molar-refractivity contribution in [1.82, 2.24) is 20.0 Å². The molecule has 9 nitrogen and oxygen atoms in total. The first-order chi connectivity index (χ1) is 12.8. The second-order valence-electron chi connectivity index (χ2n) is 6.54. The average Bonchev–Trinajstić information content (AvgIpc) is 2.67. The Labute approximate surface area is 156 Å².